The molecule has 0 radical (unpaired) electrons. The highest BCUT2D eigenvalue weighted by atomic mass is 16.2. The van der Waals surface area contributed by atoms with Crippen LogP contribution in [-0.2, 0) is 4.79 Å². The summed E-state index contributed by atoms with van der Waals surface area (Å²) in [6.45, 7) is 2.01. The Balaban J connectivity index is 1.44. The van der Waals surface area contributed by atoms with E-state index in [2.05, 4.69) is 22.2 Å². The zero-order valence-electron chi connectivity index (χ0n) is 12.6. The van der Waals surface area contributed by atoms with Gasteiger partial charge in [0.1, 0.15) is 0 Å². The molecule has 0 aromatic heterocycles. The summed E-state index contributed by atoms with van der Waals surface area (Å²) in [6, 6.07) is 2.19. The Hall–Kier alpha value is -0.610. The predicted octanol–water partition coefficient (Wildman–Crippen LogP) is 1.36. The molecule has 4 fully saturated rings. The van der Waals surface area contributed by atoms with Gasteiger partial charge >= 0.3 is 0 Å². The topological polar surface area (TPSA) is 35.6 Å². The summed E-state index contributed by atoms with van der Waals surface area (Å²) in [7, 11) is 2.10. The van der Waals surface area contributed by atoms with Crippen molar-refractivity contribution in [3.05, 3.63) is 0 Å². The van der Waals surface area contributed by atoms with Crippen LogP contribution in [0.2, 0.25) is 0 Å². The van der Waals surface area contributed by atoms with Crippen LogP contribution < -0.4 is 5.32 Å². The summed E-state index contributed by atoms with van der Waals surface area (Å²) in [5, 5.41) is 3.47. The van der Waals surface area contributed by atoms with Crippen molar-refractivity contribution in [2.24, 2.45) is 0 Å². The second-order valence-electron chi connectivity index (χ2n) is 7.40. The van der Waals surface area contributed by atoms with Gasteiger partial charge < -0.3 is 10.2 Å². The Kier molecular flexibility index (Phi) is 3.08. The molecular weight excluding hydrogens is 250 g/mol. The number of amides is 1. The van der Waals surface area contributed by atoms with Crippen molar-refractivity contribution < 1.29 is 4.79 Å². The standard InChI is InChI=1S/C16H27N3O/c1-17-12-8-13-4-5-16(10-14(9-12)19(13)16)11-15(20)18-6-2-3-7-18/h12-14,17H,2-11H2,1H3/t12-,13-,14-,16?/m0/s1. The fraction of sp³-hybridized carbons (Fsp3) is 0.938. The summed E-state index contributed by atoms with van der Waals surface area (Å²) < 4.78 is 0. The van der Waals surface area contributed by atoms with Gasteiger partial charge in [-0.15, -0.1) is 0 Å². The molecule has 0 spiro atoms. The second kappa shape index (κ2) is 4.70. The minimum atomic E-state index is 0.258. The molecule has 4 heterocycles. The van der Waals surface area contributed by atoms with Crippen LogP contribution in [0.3, 0.4) is 0 Å². The van der Waals surface area contributed by atoms with Crippen LogP contribution in [0.5, 0.6) is 0 Å². The van der Waals surface area contributed by atoms with Crippen LogP contribution in [-0.4, -0.2) is 59.5 Å². The van der Waals surface area contributed by atoms with E-state index in [4.69, 9.17) is 0 Å². The van der Waals surface area contributed by atoms with Gasteiger partial charge in [-0.2, -0.15) is 0 Å². The Morgan fingerprint density at radius 2 is 2.00 bits per heavy atom. The molecule has 0 aromatic carbocycles. The van der Waals surface area contributed by atoms with Crippen LogP contribution >= 0.6 is 0 Å². The maximum Gasteiger partial charge on any atom is 0.224 e. The number of carbonyl (C=O) groups excluding carboxylic acids is 1. The van der Waals surface area contributed by atoms with Gasteiger partial charge in [0.2, 0.25) is 5.91 Å². The molecule has 1 unspecified atom stereocenters. The molecule has 0 bridgehead atoms. The number of nitrogens with one attached hydrogen (secondary N) is 1. The lowest BCUT2D eigenvalue weighted by Gasteiger charge is -2.60. The first-order valence-corrected chi connectivity index (χ1v) is 8.45. The third-order valence-electron chi connectivity index (χ3n) is 6.35. The highest BCUT2D eigenvalue weighted by Gasteiger charge is 2.60. The van der Waals surface area contributed by atoms with Crippen LogP contribution in [0.25, 0.3) is 0 Å². The van der Waals surface area contributed by atoms with Gasteiger partial charge in [-0.3, -0.25) is 9.69 Å². The summed E-state index contributed by atoms with van der Waals surface area (Å²) in [5.41, 5.74) is 0.258. The van der Waals surface area contributed by atoms with Crippen LogP contribution in [0, 0.1) is 0 Å². The van der Waals surface area contributed by atoms with Crippen molar-refractivity contribution in [1.82, 2.24) is 15.1 Å². The maximum absolute atomic E-state index is 12.5. The quantitative estimate of drug-likeness (QED) is 0.846. The van der Waals surface area contributed by atoms with Crippen molar-refractivity contribution in [3.63, 3.8) is 0 Å². The van der Waals surface area contributed by atoms with Gasteiger partial charge in [0.05, 0.1) is 0 Å². The van der Waals surface area contributed by atoms with Gasteiger partial charge in [0.15, 0.2) is 0 Å². The van der Waals surface area contributed by atoms with E-state index in [1.165, 1.54) is 44.9 Å². The number of nitrogens with zero attached hydrogens (tertiary/aromatic N) is 2. The molecule has 4 heteroatoms. The van der Waals surface area contributed by atoms with E-state index in [0.29, 0.717) is 11.9 Å². The van der Waals surface area contributed by atoms with E-state index in [1.807, 2.05) is 0 Å². The molecule has 4 atom stereocenters. The van der Waals surface area contributed by atoms with Crippen molar-refractivity contribution in [2.45, 2.75) is 75.0 Å². The molecule has 4 nitrogen and oxygen atoms in total. The Morgan fingerprint density at radius 3 is 2.75 bits per heavy atom. The average molecular weight is 277 g/mol. The SMILES string of the molecule is CN[C@H]1C[C@@H]2CCC3(CC(=O)N4CCCC4)C[C@H](C1)N23. The number of hydrogen-bond donors (Lipinski definition) is 1. The summed E-state index contributed by atoms with van der Waals surface area (Å²) in [4.78, 5) is 17.4. The number of likely N-dealkylation sites (tertiary alicyclic amines) is 1. The summed E-state index contributed by atoms with van der Waals surface area (Å²) in [6.07, 6.45) is 9.60. The third kappa shape index (κ3) is 1.84. The second-order valence-corrected chi connectivity index (χ2v) is 7.40. The lowest BCUT2D eigenvalue weighted by atomic mass is 9.72. The lowest BCUT2D eigenvalue weighted by Crippen LogP contribution is -2.69. The normalized spacial score (nSPS) is 43.5. The monoisotopic (exact) mass is 277 g/mol. The van der Waals surface area contributed by atoms with E-state index in [0.717, 1.165) is 31.6 Å². The van der Waals surface area contributed by atoms with Crippen molar-refractivity contribution in [3.8, 4) is 0 Å². The summed E-state index contributed by atoms with van der Waals surface area (Å²) in [5.74, 6) is 0.428. The van der Waals surface area contributed by atoms with Crippen molar-refractivity contribution in [1.29, 1.82) is 0 Å². The van der Waals surface area contributed by atoms with Gasteiger partial charge in [0.25, 0.3) is 0 Å². The molecule has 0 saturated carbocycles. The predicted molar refractivity (Wildman–Crippen MR) is 78.5 cm³/mol. The maximum atomic E-state index is 12.5. The van der Waals surface area contributed by atoms with Crippen molar-refractivity contribution in [2.75, 3.05) is 20.1 Å². The number of hydrogen-bond acceptors (Lipinski definition) is 3. The van der Waals surface area contributed by atoms with Gasteiger partial charge in [-0.25, -0.2) is 0 Å². The number of piperidine rings is 1. The van der Waals surface area contributed by atoms with Crippen LogP contribution in [0.1, 0.15) is 51.4 Å². The van der Waals surface area contributed by atoms with E-state index in [9.17, 15) is 4.79 Å². The molecule has 112 valence electrons. The molecule has 1 N–H and O–H groups in total. The van der Waals surface area contributed by atoms with E-state index in [-0.39, 0.29) is 5.54 Å². The molecule has 4 aliphatic rings. The Morgan fingerprint density at radius 1 is 1.25 bits per heavy atom. The van der Waals surface area contributed by atoms with Gasteiger partial charge in [-0.1, -0.05) is 0 Å². The Labute approximate surface area is 121 Å². The average Bonchev–Trinajstić information content (AvgIpc) is 3.04. The molecular formula is C16H27N3O. The van der Waals surface area contributed by atoms with Gasteiger partial charge in [0, 0.05) is 43.2 Å². The third-order valence-corrected chi connectivity index (χ3v) is 6.35. The minimum Gasteiger partial charge on any atom is -0.343 e. The number of carbonyl (C=O) groups is 1. The lowest BCUT2D eigenvalue weighted by molar-refractivity contribution is -0.143. The molecule has 4 aliphatic heterocycles. The molecule has 4 saturated heterocycles. The largest absolute Gasteiger partial charge is 0.343 e. The first-order chi connectivity index (χ1) is 9.72. The molecule has 1 amide bonds. The first-order valence-electron chi connectivity index (χ1n) is 8.45. The Bertz CT molecular complexity index is 407. The highest BCUT2D eigenvalue weighted by Crippen LogP contribution is 2.55. The molecule has 20 heavy (non-hydrogen) atoms. The van der Waals surface area contributed by atoms with E-state index in [1.54, 1.807) is 0 Å². The molecule has 4 rings (SSSR count). The zero-order valence-corrected chi connectivity index (χ0v) is 12.6. The fourth-order valence-corrected chi connectivity index (χ4v) is 5.44. The van der Waals surface area contributed by atoms with Crippen LogP contribution in [0.15, 0.2) is 0 Å². The smallest absolute Gasteiger partial charge is 0.224 e. The minimum absolute atomic E-state index is 0.258. The number of rotatable bonds is 3. The molecule has 0 aliphatic carbocycles. The first kappa shape index (κ1) is 13.1. The zero-order chi connectivity index (χ0) is 13.7. The van der Waals surface area contributed by atoms with Gasteiger partial charge in [-0.05, 0) is 52.0 Å². The fourth-order valence-electron chi connectivity index (χ4n) is 5.44. The summed E-state index contributed by atoms with van der Waals surface area (Å²) >= 11 is 0. The van der Waals surface area contributed by atoms with Crippen molar-refractivity contribution >= 4 is 5.91 Å². The van der Waals surface area contributed by atoms with E-state index < -0.39 is 0 Å². The molecule has 0 aromatic rings. The highest BCUT2D eigenvalue weighted by molar-refractivity contribution is 5.78. The van der Waals surface area contributed by atoms with E-state index >= 15 is 0 Å². The van der Waals surface area contributed by atoms with Crippen LogP contribution in [0.4, 0.5) is 0 Å².